The summed E-state index contributed by atoms with van der Waals surface area (Å²) in [5.74, 6) is 0. The van der Waals surface area contributed by atoms with E-state index in [1.54, 1.807) is 0 Å². The van der Waals surface area contributed by atoms with Crippen LogP contribution < -0.4 is 5.32 Å². The third kappa shape index (κ3) is 3.83. The van der Waals surface area contributed by atoms with Gasteiger partial charge in [-0.2, -0.15) is 0 Å². The Labute approximate surface area is 129 Å². The van der Waals surface area contributed by atoms with Gasteiger partial charge in [-0.1, -0.05) is 54.1 Å². The molecule has 1 heterocycles. The van der Waals surface area contributed by atoms with Crippen molar-refractivity contribution in [3.63, 3.8) is 0 Å². The third-order valence-corrected chi connectivity index (χ3v) is 3.84. The van der Waals surface area contributed by atoms with E-state index < -0.39 is 0 Å². The Kier molecular flexibility index (Phi) is 4.88. The van der Waals surface area contributed by atoms with Crippen LogP contribution in [-0.4, -0.2) is 13.2 Å². The zero-order chi connectivity index (χ0) is 14.5. The van der Waals surface area contributed by atoms with Crippen LogP contribution in [-0.2, 0) is 22.6 Å². The molecule has 0 saturated carbocycles. The first-order valence-electron chi connectivity index (χ1n) is 7.09. The number of hydrogen-bond donors (Lipinski definition) is 1. The molecule has 2 aromatic rings. The third-order valence-electron chi connectivity index (χ3n) is 3.48. The van der Waals surface area contributed by atoms with E-state index in [9.17, 15) is 0 Å². The molecule has 0 bridgehead atoms. The van der Waals surface area contributed by atoms with Crippen LogP contribution in [0.5, 0.6) is 0 Å². The van der Waals surface area contributed by atoms with Crippen molar-refractivity contribution >= 4 is 11.6 Å². The Morgan fingerprint density at radius 3 is 2.38 bits per heavy atom. The molecular weight excluding hydrogens is 286 g/mol. The first kappa shape index (κ1) is 14.5. The van der Waals surface area contributed by atoms with Crippen molar-refractivity contribution in [1.29, 1.82) is 0 Å². The highest BCUT2D eigenvalue weighted by Gasteiger charge is 2.17. The van der Waals surface area contributed by atoms with E-state index in [0.29, 0.717) is 13.2 Å². The van der Waals surface area contributed by atoms with Crippen molar-refractivity contribution in [1.82, 2.24) is 5.32 Å². The number of halogens is 1. The second-order valence-electron chi connectivity index (χ2n) is 5.01. The summed E-state index contributed by atoms with van der Waals surface area (Å²) in [6, 6.07) is 16.2. The van der Waals surface area contributed by atoms with E-state index in [0.717, 1.165) is 29.2 Å². The SMILES string of the molecule is Clc1ccccc1CNCc1ccc(C2OCCO2)cc1. The highest BCUT2D eigenvalue weighted by Crippen LogP contribution is 2.23. The quantitative estimate of drug-likeness (QED) is 0.914. The summed E-state index contributed by atoms with van der Waals surface area (Å²) in [5, 5.41) is 4.20. The maximum Gasteiger partial charge on any atom is 0.184 e. The molecule has 0 atom stereocenters. The summed E-state index contributed by atoms with van der Waals surface area (Å²) in [6.45, 7) is 2.91. The number of hydrogen-bond acceptors (Lipinski definition) is 3. The highest BCUT2D eigenvalue weighted by molar-refractivity contribution is 6.31. The van der Waals surface area contributed by atoms with Crippen molar-refractivity contribution in [2.45, 2.75) is 19.4 Å². The van der Waals surface area contributed by atoms with Gasteiger partial charge in [-0.15, -0.1) is 0 Å². The van der Waals surface area contributed by atoms with Gasteiger partial charge in [0.15, 0.2) is 6.29 Å². The summed E-state index contributed by atoms with van der Waals surface area (Å²) in [4.78, 5) is 0. The minimum Gasteiger partial charge on any atom is -0.346 e. The van der Waals surface area contributed by atoms with E-state index in [-0.39, 0.29) is 6.29 Å². The largest absolute Gasteiger partial charge is 0.346 e. The maximum atomic E-state index is 6.13. The van der Waals surface area contributed by atoms with Gasteiger partial charge in [-0.3, -0.25) is 0 Å². The van der Waals surface area contributed by atoms with Gasteiger partial charge in [0.05, 0.1) is 13.2 Å². The molecule has 1 saturated heterocycles. The topological polar surface area (TPSA) is 30.5 Å². The van der Waals surface area contributed by atoms with Crippen molar-refractivity contribution in [2.75, 3.05) is 13.2 Å². The van der Waals surface area contributed by atoms with Crippen LogP contribution in [0, 0.1) is 0 Å². The lowest BCUT2D eigenvalue weighted by Gasteiger charge is -2.11. The predicted molar refractivity (Wildman–Crippen MR) is 83.1 cm³/mol. The van der Waals surface area contributed by atoms with Crippen LogP contribution in [0.4, 0.5) is 0 Å². The van der Waals surface area contributed by atoms with Crippen LogP contribution in [0.3, 0.4) is 0 Å². The molecule has 0 aromatic heterocycles. The van der Waals surface area contributed by atoms with Gasteiger partial charge < -0.3 is 14.8 Å². The molecule has 3 rings (SSSR count). The molecule has 21 heavy (non-hydrogen) atoms. The molecule has 0 spiro atoms. The second-order valence-corrected chi connectivity index (χ2v) is 5.42. The van der Waals surface area contributed by atoms with Crippen molar-refractivity contribution < 1.29 is 9.47 Å². The number of ether oxygens (including phenoxy) is 2. The van der Waals surface area contributed by atoms with Crippen LogP contribution in [0.15, 0.2) is 48.5 Å². The van der Waals surface area contributed by atoms with Gasteiger partial charge in [-0.05, 0) is 17.2 Å². The van der Waals surface area contributed by atoms with E-state index in [2.05, 4.69) is 29.6 Å². The Morgan fingerprint density at radius 1 is 0.952 bits per heavy atom. The van der Waals surface area contributed by atoms with Crippen molar-refractivity contribution in [3.8, 4) is 0 Å². The lowest BCUT2D eigenvalue weighted by atomic mass is 10.1. The summed E-state index contributed by atoms with van der Waals surface area (Å²) in [5.41, 5.74) is 3.41. The fourth-order valence-electron chi connectivity index (χ4n) is 2.33. The molecule has 0 aliphatic carbocycles. The number of benzene rings is 2. The minimum absolute atomic E-state index is 0.199. The molecule has 110 valence electrons. The molecule has 3 nitrogen and oxygen atoms in total. The smallest absolute Gasteiger partial charge is 0.184 e. The Bertz CT molecular complexity index is 580. The predicted octanol–water partition coefficient (Wildman–Crippen LogP) is 3.68. The van der Waals surface area contributed by atoms with E-state index in [1.165, 1.54) is 5.56 Å². The molecule has 0 radical (unpaired) electrons. The molecule has 0 amide bonds. The summed E-state index contributed by atoms with van der Waals surface area (Å²) < 4.78 is 11.0. The van der Waals surface area contributed by atoms with Gasteiger partial charge in [-0.25, -0.2) is 0 Å². The van der Waals surface area contributed by atoms with Gasteiger partial charge in [0.2, 0.25) is 0 Å². The molecule has 2 aromatic carbocycles. The van der Waals surface area contributed by atoms with Crippen LogP contribution in [0.1, 0.15) is 23.0 Å². The molecule has 1 fully saturated rings. The molecule has 0 unspecified atom stereocenters. The van der Waals surface area contributed by atoms with Crippen molar-refractivity contribution in [3.05, 3.63) is 70.2 Å². The zero-order valence-corrected chi connectivity index (χ0v) is 12.5. The normalized spacial score (nSPS) is 15.5. The number of nitrogens with one attached hydrogen (secondary N) is 1. The average molecular weight is 304 g/mol. The summed E-state index contributed by atoms with van der Waals surface area (Å²) in [6.07, 6.45) is -0.199. The van der Waals surface area contributed by atoms with Gasteiger partial charge in [0, 0.05) is 23.7 Å². The first-order valence-corrected chi connectivity index (χ1v) is 7.47. The van der Waals surface area contributed by atoms with Gasteiger partial charge in [0.25, 0.3) is 0 Å². The standard InChI is InChI=1S/C17H18ClNO2/c18-16-4-2-1-3-15(16)12-19-11-13-5-7-14(8-6-13)17-20-9-10-21-17/h1-8,17,19H,9-12H2. The molecule has 1 N–H and O–H groups in total. The monoisotopic (exact) mass is 303 g/mol. The molecular formula is C17H18ClNO2. The minimum atomic E-state index is -0.199. The Hall–Kier alpha value is -1.39. The van der Waals surface area contributed by atoms with E-state index in [4.69, 9.17) is 21.1 Å². The van der Waals surface area contributed by atoms with Crippen LogP contribution in [0.2, 0.25) is 5.02 Å². The van der Waals surface area contributed by atoms with E-state index >= 15 is 0 Å². The molecule has 4 heteroatoms. The van der Waals surface area contributed by atoms with Gasteiger partial charge >= 0.3 is 0 Å². The fourth-order valence-corrected chi connectivity index (χ4v) is 2.53. The highest BCUT2D eigenvalue weighted by atomic mass is 35.5. The summed E-state index contributed by atoms with van der Waals surface area (Å²) >= 11 is 6.13. The fraction of sp³-hybridized carbons (Fsp3) is 0.294. The van der Waals surface area contributed by atoms with Crippen LogP contribution in [0.25, 0.3) is 0 Å². The first-order chi connectivity index (χ1) is 10.3. The Morgan fingerprint density at radius 2 is 1.67 bits per heavy atom. The summed E-state index contributed by atoms with van der Waals surface area (Å²) in [7, 11) is 0. The van der Waals surface area contributed by atoms with E-state index in [1.807, 2.05) is 24.3 Å². The van der Waals surface area contributed by atoms with Gasteiger partial charge in [0.1, 0.15) is 0 Å². The molecule has 1 aliphatic heterocycles. The molecule has 1 aliphatic rings. The maximum absolute atomic E-state index is 6.13. The van der Waals surface area contributed by atoms with Crippen molar-refractivity contribution in [2.24, 2.45) is 0 Å². The lowest BCUT2D eigenvalue weighted by Crippen LogP contribution is -2.13. The zero-order valence-electron chi connectivity index (χ0n) is 11.7. The Balaban J connectivity index is 1.52. The second kappa shape index (κ2) is 7.05. The average Bonchev–Trinajstić information content (AvgIpc) is 3.04. The van der Waals surface area contributed by atoms with Crippen LogP contribution >= 0.6 is 11.6 Å². The number of rotatable bonds is 5. The lowest BCUT2D eigenvalue weighted by molar-refractivity contribution is -0.0441.